The topological polar surface area (TPSA) is 130 Å². The second-order valence-corrected chi connectivity index (χ2v) is 14.4. The highest BCUT2D eigenvalue weighted by Crippen LogP contribution is 2.39. The van der Waals surface area contributed by atoms with Gasteiger partial charge in [0.05, 0.1) is 24.4 Å². The summed E-state index contributed by atoms with van der Waals surface area (Å²) in [4.78, 5) is 52.3. The molecule has 4 heterocycles. The maximum atomic E-state index is 13.5. The van der Waals surface area contributed by atoms with Crippen LogP contribution in [0.5, 0.6) is 0 Å². The van der Waals surface area contributed by atoms with E-state index in [9.17, 15) is 14.4 Å². The highest BCUT2D eigenvalue weighted by molar-refractivity contribution is 7.16. The second kappa shape index (κ2) is 16.4. The first kappa shape index (κ1) is 35.2. The average molecular weight is 718 g/mol. The van der Waals surface area contributed by atoms with E-state index in [0.29, 0.717) is 47.5 Å². The van der Waals surface area contributed by atoms with Crippen molar-refractivity contribution in [3.63, 3.8) is 0 Å². The molecule has 2 aromatic carbocycles. The van der Waals surface area contributed by atoms with E-state index in [4.69, 9.17) is 4.74 Å². The van der Waals surface area contributed by atoms with Gasteiger partial charge in [0.1, 0.15) is 11.4 Å². The summed E-state index contributed by atoms with van der Waals surface area (Å²) in [6, 6.07) is 19.0. The van der Waals surface area contributed by atoms with Gasteiger partial charge in [-0.2, -0.15) is 0 Å². The van der Waals surface area contributed by atoms with E-state index in [2.05, 4.69) is 36.9 Å². The monoisotopic (exact) mass is 717 g/mol. The molecule has 2 aliphatic rings. The zero-order valence-electron chi connectivity index (χ0n) is 29.3. The number of pyridine rings is 1. The Balaban J connectivity index is 0.975. The van der Waals surface area contributed by atoms with Crippen LogP contribution in [0.2, 0.25) is 0 Å². The number of amides is 3. The van der Waals surface area contributed by atoms with Crippen molar-refractivity contribution in [3.05, 3.63) is 106 Å². The molecule has 0 unspecified atom stereocenters. The van der Waals surface area contributed by atoms with Crippen molar-refractivity contribution in [1.82, 2.24) is 24.8 Å². The van der Waals surface area contributed by atoms with Crippen molar-refractivity contribution in [2.24, 2.45) is 7.05 Å². The fourth-order valence-electron chi connectivity index (χ4n) is 6.77. The van der Waals surface area contributed by atoms with Crippen LogP contribution in [0.15, 0.2) is 73.1 Å². The van der Waals surface area contributed by atoms with Crippen LogP contribution in [0, 0.1) is 0 Å². The number of anilines is 2. The molecule has 11 nitrogen and oxygen atoms in total. The quantitative estimate of drug-likeness (QED) is 0.137. The lowest BCUT2D eigenvalue weighted by Crippen LogP contribution is -2.41. The van der Waals surface area contributed by atoms with Crippen LogP contribution in [-0.4, -0.2) is 76.5 Å². The number of thiazole rings is 1. The van der Waals surface area contributed by atoms with E-state index in [1.165, 1.54) is 17.8 Å². The molecule has 12 heteroatoms. The summed E-state index contributed by atoms with van der Waals surface area (Å²) in [7, 11) is 1.75. The van der Waals surface area contributed by atoms with Gasteiger partial charge in [0.25, 0.3) is 17.7 Å². The van der Waals surface area contributed by atoms with Gasteiger partial charge in [-0.1, -0.05) is 61.7 Å². The maximum Gasteiger partial charge on any atom is 0.274 e. The largest absolute Gasteiger partial charge is 0.379 e. The standard InChI is InChI=1S/C40H43N7O4S/c1-46-26-32(43-37(48)30-15-13-27(14-16-30)11-12-28-23-31-9-5-6-10-33(31)42-25-28)24-34(46)38(49)45-40-44-35(36(52-40)29-7-3-2-4-8-29)39(50)41-17-18-47-19-21-51-22-20-47/h5-6,9-16,23-26,29H,2-4,7-8,17-22H2,1H3,(H,41,50)(H,43,48)(H,44,45,49)/b12-11+. The Morgan fingerprint density at radius 2 is 1.67 bits per heavy atom. The lowest BCUT2D eigenvalue weighted by molar-refractivity contribution is 0.0383. The van der Waals surface area contributed by atoms with Gasteiger partial charge >= 0.3 is 0 Å². The number of nitrogens with one attached hydrogen (secondary N) is 3. The molecule has 2 fully saturated rings. The molecule has 3 amide bonds. The minimum atomic E-state index is -0.371. The molecule has 0 atom stereocenters. The number of carbonyl (C=O) groups is 3. The first-order chi connectivity index (χ1) is 25.4. The minimum absolute atomic E-state index is 0.208. The fourth-order valence-corrected chi connectivity index (χ4v) is 7.89. The normalized spacial score (nSPS) is 15.6. The van der Waals surface area contributed by atoms with Crippen LogP contribution in [0.25, 0.3) is 23.1 Å². The molecule has 0 bridgehead atoms. The molecule has 268 valence electrons. The van der Waals surface area contributed by atoms with Gasteiger partial charge in [0.15, 0.2) is 5.13 Å². The van der Waals surface area contributed by atoms with E-state index < -0.39 is 0 Å². The van der Waals surface area contributed by atoms with Crippen molar-refractivity contribution in [1.29, 1.82) is 0 Å². The number of rotatable bonds is 11. The molecule has 7 rings (SSSR count). The van der Waals surface area contributed by atoms with Gasteiger partial charge in [0.2, 0.25) is 0 Å². The molecule has 5 aromatic rings. The summed E-state index contributed by atoms with van der Waals surface area (Å²) in [5.74, 6) is -0.612. The van der Waals surface area contributed by atoms with E-state index >= 15 is 0 Å². The number of benzene rings is 2. The van der Waals surface area contributed by atoms with E-state index in [0.717, 1.165) is 72.2 Å². The smallest absolute Gasteiger partial charge is 0.274 e. The number of morpholine rings is 1. The summed E-state index contributed by atoms with van der Waals surface area (Å²) < 4.78 is 7.09. The highest BCUT2D eigenvalue weighted by Gasteiger charge is 2.27. The third-order valence-corrected chi connectivity index (χ3v) is 10.8. The Morgan fingerprint density at radius 3 is 2.48 bits per heavy atom. The number of aryl methyl sites for hydroxylation is 1. The van der Waals surface area contributed by atoms with E-state index in [-0.39, 0.29) is 23.6 Å². The summed E-state index contributed by atoms with van der Waals surface area (Å²) in [6.07, 6.45) is 13.0. The van der Waals surface area contributed by atoms with Crippen LogP contribution >= 0.6 is 11.3 Å². The van der Waals surface area contributed by atoms with Crippen LogP contribution in [-0.2, 0) is 11.8 Å². The molecule has 3 aromatic heterocycles. The highest BCUT2D eigenvalue weighted by atomic mass is 32.1. The molecule has 3 N–H and O–H groups in total. The molecule has 1 saturated carbocycles. The van der Waals surface area contributed by atoms with Gasteiger partial charge in [-0.15, -0.1) is 11.3 Å². The predicted molar refractivity (Wildman–Crippen MR) is 206 cm³/mol. The van der Waals surface area contributed by atoms with Crippen LogP contribution < -0.4 is 16.0 Å². The third kappa shape index (κ3) is 8.64. The van der Waals surface area contributed by atoms with Crippen LogP contribution in [0.3, 0.4) is 0 Å². The first-order valence-corrected chi connectivity index (χ1v) is 18.7. The predicted octanol–water partition coefficient (Wildman–Crippen LogP) is 6.81. The SMILES string of the molecule is Cn1cc(NC(=O)c2ccc(/C=C/c3cnc4ccccc4c3)cc2)cc1C(=O)Nc1nc(C(=O)NCCN2CCOCC2)c(C2CCCCC2)s1. The number of fused-ring (bicyclic) bond motifs is 1. The zero-order chi connectivity index (χ0) is 35.9. The number of carbonyl (C=O) groups excluding carboxylic acids is 3. The summed E-state index contributed by atoms with van der Waals surface area (Å²) in [6.45, 7) is 4.41. The number of nitrogens with zero attached hydrogens (tertiary/aromatic N) is 4. The maximum absolute atomic E-state index is 13.5. The Kier molecular flexibility index (Phi) is 11.1. The Bertz CT molecular complexity index is 2080. The van der Waals surface area contributed by atoms with Gasteiger partial charge in [0, 0.05) is 61.4 Å². The average Bonchev–Trinajstić information content (AvgIpc) is 3.77. The van der Waals surface area contributed by atoms with Gasteiger partial charge in [-0.25, -0.2) is 4.98 Å². The van der Waals surface area contributed by atoms with Gasteiger partial charge in [-0.05, 0) is 60.2 Å². The van der Waals surface area contributed by atoms with E-state index in [1.807, 2.05) is 54.7 Å². The molecule has 52 heavy (non-hydrogen) atoms. The second-order valence-electron chi connectivity index (χ2n) is 13.3. The molecule has 0 spiro atoms. The summed E-state index contributed by atoms with van der Waals surface area (Å²) >= 11 is 1.39. The van der Waals surface area contributed by atoms with Crippen molar-refractivity contribution in [3.8, 4) is 0 Å². The molecular formula is C40H43N7O4S. The summed E-state index contributed by atoms with van der Waals surface area (Å²) in [5, 5.41) is 10.3. The van der Waals surface area contributed by atoms with Gasteiger partial charge < -0.3 is 19.9 Å². The fraction of sp³-hybridized carbons (Fsp3) is 0.325. The Labute approximate surface area is 307 Å². The molecule has 0 radical (unpaired) electrons. The van der Waals surface area contributed by atoms with Crippen molar-refractivity contribution in [2.45, 2.75) is 38.0 Å². The molecule has 1 saturated heterocycles. The summed E-state index contributed by atoms with van der Waals surface area (Å²) in [5.41, 5.74) is 4.64. The Morgan fingerprint density at radius 1 is 0.904 bits per heavy atom. The van der Waals surface area contributed by atoms with Crippen LogP contribution in [0.4, 0.5) is 10.8 Å². The minimum Gasteiger partial charge on any atom is -0.379 e. The number of hydrogen-bond acceptors (Lipinski definition) is 8. The van der Waals surface area contributed by atoms with Gasteiger partial charge in [-0.3, -0.25) is 29.6 Å². The number of hydrogen-bond donors (Lipinski definition) is 3. The van der Waals surface area contributed by atoms with Crippen molar-refractivity contribution < 1.29 is 19.1 Å². The van der Waals surface area contributed by atoms with Crippen LogP contribution in [0.1, 0.15) is 85.4 Å². The molecule has 1 aliphatic heterocycles. The van der Waals surface area contributed by atoms with Crippen molar-refractivity contribution >= 4 is 62.9 Å². The number of ether oxygens (including phenoxy) is 1. The molecule has 1 aliphatic carbocycles. The Hall–Kier alpha value is -5.17. The molecular weight excluding hydrogens is 675 g/mol. The van der Waals surface area contributed by atoms with Crippen molar-refractivity contribution in [2.75, 3.05) is 50.0 Å². The lowest BCUT2D eigenvalue weighted by Gasteiger charge is -2.26. The first-order valence-electron chi connectivity index (χ1n) is 17.9. The number of aromatic nitrogens is 3. The zero-order valence-corrected chi connectivity index (χ0v) is 30.1. The number of para-hydroxylation sites is 1. The lowest BCUT2D eigenvalue weighted by atomic mass is 9.87. The van der Waals surface area contributed by atoms with E-state index in [1.54, 1.807) is 36.0 Å². The third-order valence-electron chi connectivity index (χ3n) is 9.63.